The molecule has 0 saturated carbocycles. The topological polar surface area (TPSA) is 89.5 Å². The SMILES string of the molecule is Cc1nc2nc(C(F)(F)F)nn2c(-c2ccc(N(C)C)cc2)c1[N+](=O)[O-]. The quantitative estimate of drug-likeness (QED) is 0.523. The Labute approximate surface area is 145 Å². The Morgan fingerprint density at radius 2 is 1.77 bits per heavy atom. The lowest BCUT2D eigenvalue weighted by Gasteiger charge is -2.13. The molecule has 3 rings (SSSR count). The van der Waals surface area contributed by atoms with Crippen LogP contribution < -0.4 is 4.90 Å². The third kappa shape index (κ3) is 2.91. The normalized spacial score (nSPS) is 11.8. The second-order valence-electron chi connectivity index (χ2n) is 5.74. The van der Waals surface area contributed by atoms with E-state index < -0.39 is 22.6 Å². The van der Waals surface area contributed by atoms with Crippen molar-refractivity contribution in [3.8, 4) is 11.3 Å². The van der Waals surface area contributed by atoms with Gasteiger partial charge < -0.3 is 4.90 Å². The lowest BCUT2D eigenvalue weighted by Crippen LogP contribution is -2.09. The average molecular weight is 366 g/mol. The van der Waals surface area contributed by atoms with Crippen molar-refractivity contribution >= 4 is 17.2 Å². The van der Waals surface area contributed by atoms with Gasteiger partial charge >= 0.3 is 11.9 Å². The number of hydrogen-bond donors (Lipinski definition) is 0. The summed E-state index contributed by atoms with van der Waals surface area (Å²) in [4.78, 5) is 19.8. The Morgan fingerprint density at radius 3 is 2.27 bits per heavy atom. The van der Waals surface area contributed by atoms with Crippen LogP contribution in [0.5, 0.6) is 0 Å². The van der Waals surface area contributed by atoms with Crippen molar-refractivity contribution in [3.05, 3.63) is 45.9 Å². The molecule has 26 heavy (non-hydrogen) atoms. The number of hydrogen-bond acceptors (Lipinski definition) is 6. The number of benzene rings is 1. The molecule has 0 aliphatic rings. The highest BCUT2D eigenvalue weighted by Gasteiger charge is 2.38. The van der Waals surface area contributed by atoms with Crippen LogP contribution in [0.4, 0.5) is 24.5 Å². The Morgan fingerprint density at radius 1 is 1.15 bits per heavy atom. The third-order valence-corrected chi connectivity index (χ3v) is 3.73. The van der Waals surface area contributed by atoms with Crippen LogP contribution in [0.3, 0.4) is 0 Å². The Bertz CT molecular complexity index is 995. The summed E-state index contributed by atoms with van der Waals surface area (Å²) in [5, 5.41) is 14.9. The molecule has 0 amide bonds. The number of nitrogens with zero attached hydrogens (tertiary/aromatic N) is 6. The van der Waals surface area contributed by atoms with Crippen LogP contribution in [-0.2, 0) is 6.18 Å². The second kappa shape index (κ2) is 5.93. The van der Waals surface area contributed by atoms with Crippen LogP contribution in [0.1, 0.15) is 11.5 Å². The number of rotatable bonds is 3. The minimum atomic E-state index is -4.79. The van der Waals surface area contributed by atoms with E-state index in [1.54, 1.807) is 24.3 Å². The molecule has 0 unspecified atom stereocenters. The molecule has 0 bridgehead atoms. The molecule has 8 nitrogen and oxygen atoms in total. The minimum Gasteiger partial charge on any atom is -0.378 e. The van der Waals surface area contributed by atoms with E-state index in [1.807, 2.05) is 19.0 Å². The van der Waals surface area contributed by atoms with Crippen molar-refractivity contribution in [2.24, 2.45) is 0 Å². The number of anilines is 1. The average Bonchev–Trinajstić information content (AvgIpc) is 2.97. The highest BCUT2D eigenvalue weighted by molar-refractivity contribution is 5.74. The Kier molecular flexibility index (Phi) is 4.01. The van der Waals surface area contributed by atoms with Crippen molar-refractivity contribution in [2.75, 3.05) is 19.0 Å². The van der Waals surface area contributed by atoms with Gasteiger partial charge in [0.05, 0.1) is 4.92 Å². The molecule has 0 aliphatic heterocycles. The van der Waals surface area contributed by atoms with Gasteiger partial charge in [0, 0.05) is 25.3 Å². The molecule has 0 fully saturated rings. The Balaban J connectivity index is 2.34. The van der Waals surface area contributed by atoms with Gasteiger partial charge in [-0.05, 0) is 19.1 Å². The van der Waals surface area contributed by atoms with Gasteiger partial charge in [0.1, 0.15) is 5.69 Å². The van der Waals surface area contributed by atoms with Crippen LogP contribution >= 0.6 is 0 Å². The molecule has 2 heterocycles. The number of aryl methyl sites for hydroxylation is 1. The molecule has 0 saturated heterocycles. The molecule has 136 valence electrons. The van der Waals surface area contributed by atoms with Gasteiger partial charge in [0.15, 0.2) is 5.69 Å². The van der Waals surface area contributed by atoms with E-state index >= 15 is 0 Å². The molecule has 3 aromatic rings. The van der Waals surface area contributed by atoms with E-state index in [0.717, 1.165) is 10.2 Å². The lowest BCUT2D eigenvalue weighted by atomic mass is 10.1. The standard InChI is InChI=1S/C15H13F3N6O2/c1-8-11(24(25)26)12(9-4-6-10(7-5-9)22(2)3)23-14(19-8)20-13(21-23)15(16,17)18/h4-7H,1-3H3. The number of aromatic nitrogens is 4. The van der Waals surface area contributed by atoms with Crippen LogP contribution in [0, 0.1) is 17.0 Å². The van der Waals surface area contributed by atoms with E-state index in [4.69, 9.17) is 0 Å². The zero-order chi connectivity index (χ0) is 19.2. The first kappa shape index (κ1) is 17.6. The van der Waals surface area contributed by atoms with Crippen LogP contribution in [-0.4, -0.2) is 38.6 Å². The molecule has 0 atom stereocenters. The highest BCUT2D eigenvalue weighted by Crippen LogP contribution is 2.34. The van der Waals surface area contributed by atoms with Gasteiger partial charge in [0.25, 0.3) is 11.6 Å². The molecular weight excluding hydrogens is 353 g/mol. The fraction of sp³-hybridized carbons (Fsp3) is 0.267. The summed E-state index contributed by atoms with van der Waals surface area (Å²) in [6, 6.07) is 6.54. The summed E-state index contributed by atoms with van der Waals surface area (Å²) in [7, 11) is 3.64. The van der Waals surface area contributed by atoms with E-state index in [0.29, 0.717) is 5.56 Å². The predicted molar refractivity (Wildman–Crippen MR) is 86.9 cm³/mol. The monoisotopic (exact) mass is 366 g/mol. The summed E-state index contributed by atoms with van der Waals surface area (Å²) < 4.78 is 39.6. The number of nitro groups is 1. The molecule has 2 aromatic heterocycles. The largest absolute Gasteiger partial charge is 0.453 e. The van der Waals surface area contributed by atoms with Gasteiger partial charge in [-0.2, -0.15) is 22.7 Å². The first-order valence-corrected chi connectivity index (χ1v) is 7.36. The summed E-state index contributed by atoms with van der Waals surface area (Å²) in [5.41, 5.74) is 0.583. The molecule has 11 heteroatoms. The number of fused-ring (bicyclic) bond motifs is 1. The Hall–Kier alpha value is -3.24. The molecule has 0 N–H and O–H groups in total. The molecule has 0 spiro atoms. The zero-order valence-electron chi connectivity index (χ0n) is 13.9. The maximum Gasteiger partial charge on any atom is 0.453 e. The van der Waals surface area contributed by atoms with Gasteiger partial charge in [0.2, 0.25) is 0 Å². The van der Waals surface area contributed by atoms with Crippen molar-refractivity contribution in [1.82, 2.24) is 19.6 Å². The minimum absolute atomic E-state index is 0.0460. The highest BCUT2D eigenvalue weighted by atomic mass is 19.4. The molecule has 1 aromatic carbocycles. The fourth-order valence-electron chi connectivity index (χ4n) is 2.52. The van der Waals surface area contributed by atoms with E-state index in [9.17, 15) is 23.3 Å². The maximum atomic E-state index is 13.0. The summed E-state index contributed by atoms with van der Waals surface area (Å²) >= 11 is 0. The van der Waals surface area contributed by atoms with Gasteiger partial charge in [-0.25, -0.2) is 4.98 Å². The van der Waals surface area contributed by atoms with Crippen LogP contribution in [0.2, 0.25) is 0 Å². The van der Waals surface area contributed by atoms with Gasteiger partial charge in [-0.15, -0.1) is 5.10 Å². The molecule has 0 aliphatic carbocycles. The smallest absolute Gasteiger partial charge is 0.378 e. The van der Waals surface area contributed by atoms with E-state index in [2.05, 4.69) is 15.1 Å². The number of alkyl halides is 3. The van der Waals surface area contributed by atoms with Crippen molar-refractivity contribution in [1.29, 1.82) is 0 Å². The fourth-order valence-corrected chi connectivity index (χ4v) is 2.52. The summed E-state index contributed by atoms with van der Waals surface area (Å²) in [6.07, 6.45) is -4.79. The van der Waals surface area contributed by atoms with Crippen molar-refractivity contribution < 1.29 is 18.1 Å². The zero-order valence-corrected chi connectivity index (χ0v) is 13.9. The number of halogens is 3. The first-order valence-electron chi connectivity index (χ1n) is 7.36. The lowest BCUT2D eigenvalue weighted by molar-refractivity contribution is -0.385. The maximum absolute atomic E-state index is 13.0. The van der Waals surface area contributed by atoms with Crippen molar-refractivity contribution in [3.63, 3.8) is 0 Å². The van der Waals surface area contributed by atoms with Gasteiger partial charge in [-0.1, -0.05) is 12.1 Å². The van der Waals surface area contributed by atoms with E-state index in [-0.39, 0.29) is 17.2 Å². The van der Waals surface area contributed by atoms with Crippen LogP contribution in [0.25, 0.3) is 17.0 Å². The summed E-state index contributed by atoms with van der Waals surface area (Å²) in [5.74, 6) is -1.76. The molecule has 0 radical (unpaired) electrons. The first-order chi connectivity index (χ1) is 12.1. The van der Waals surface area contributed by atoms with Crippen LogP contribution in [0.15, 0.2) is 24.3 Å². The van der Waals surface area contributed by atoms with E-state index in [1.165, 1.54) is 6.92 Å². The predicted octanol–water partition coefficient (Wildman–Crippen LogP) is 3.09. The molecular formula is C15H13F3N6O2. The summed E-state index contributed by atoms with van der Waals surface area (Å²) in [6.45, 7) is 1.35. The van der Waals surface area contributed by atoms with Crippen molar-refractivity contribution in [2.45, 2.75) is 13.1 Å². The third-order valence-electron chi connectivity index (χ3n) is 3.73. The second-order valence-corrected chi connectivity index (χ2v) is 5.74. The van der Waals surface area contributed by atoms with Gasteiger partial charge in [-0.3, -0.25) is 10.1 Å².